The fraction of sp³-hybridized carbons (Fsp3) is 0.778. The van der Waals surface area contributed by atoms with E-state index in [1.54, 1.807) is 6.92 Å². The lowest BCUT2D eigenvalue weighted by Crippen LogP contribution is -2.04. The van der Waals surface area contributed by atoms with Crippen LogP contribution in [-0.4, -0.2) is 21.9 Å². The van der Waals surface area contributed by atoms with Crippen molar-refractivity contribution in [3.63, 3.8) is 0 Å². The van der Waals surface area contributed by atoms with Gasteiger partial charge in [0.2, 0.25) is 0 Å². The van der Waals surface area contributed by atoms with E-state index in [4.69, 9.17) is 5.11 Å². The highest BCUT2D eigenvalue weighted by Crippen LogP contribution is 2.13. The number of carbonyl (C=O) groups excluding carboxylic acids is 1. The molecular weight excluding hydrogens is 188 g/mol. The lowest BCUT2D eigenvalue weighted by molar-refractivity contribution is -0.138. The first-order chi connectivity index (χ1) is 6.02. The molecule has 0 aliphatic rings. The Bertz CT molecular complexity index is 180. The molecule has 0 heterocycles. The largest absolute Gasteiger partial charge is 0.481 e. The van der Waals surface area contributed by atoms with Crippen molar-refractivity contribution in [1.82, 2.24) is 0 Å². The average molecular weight is 204 g/mol. The normalized spacial score (nSPS) is 12.5. The Morgan fingerprint density at radius 3 is 2.54 bits per heavy atom. The first kappa shape index (κ1) is 12.5. The summed E-state index contributed by atoms with van der Waals surface area (Å²) in [6.45, 7) is 3.47. The first-order valence-corrected chi connectivity index (χ1v) is 5.36. The van der Waals surface area contributed by atoms with Crippen LogP contribution >= 0.6 is 11.8 Å². The van der Waals surface area contributed by atoms with Crippen LogP contribution in [0.15, 0.2) is 0 Å². The quantitative estimate of drug-likeness (QED) is 0.674. The SMILES string of the molecule is CC(=O)SCCC[C@H](C)CC(=O)O. The fourth-order valence-electron chi connectivity index (χ4n) is 1.05. The Balaban J connectivity index is 3.31. The van der Waals surface area contributed by atoms with Gasteiger partial charge in [0.15, 0.2) is 5.12 Å². The Hall–Kier alpha value is -0.510. The minimum Gasteiger partial charge on any atom is -0.481 e. The first-order valence-electron chi connectivity index (χ1n) is 4.37. The van der Waals surface area contributed by atoms with Crippen LogP contribution in [0.5, 0.6) is 0 Å². The van der Waals surface area contributed by atoms with Crippen LogP contribution in [-0.2, 0) is 9.59 Å². The van der Waals surface area contributed by atoms with Crippen LogP contribution in [0.3, 0.4) is 0 Å². The summed E-state index contributed by atoms with van der Waals surface area (Å²) in [7, 11) is 0. The summed E-state index contributed by atoms with van der Waals surface area (Å²) in [5.41, 5.74) is 0. The summed E-state index contributed by atoms with van der Waals surface area (Å²) in [6.07, 6.45) is 2.02. The van der Waals surface area contributed by atoms with Gasteiger partial charge in [0.25, 0.3) is 0 Å². The molecule has 0 amide bonds. The van der Waals surface area contributed by atoms with Crippen molar-refractivity contribution in [3.05, 3.63) is 0 Å². The van der Waals surface area contributed by atoms with E-state index in [9.17, 15) is 9.59 Å². The maximum absolute atomic E-state index is 10.5. The number of aliphatic carboxylic acids is 1. The van der Waals surface area contributed by atoms with Gasteiger partial charge < -0.3 is 5.11 Å². The van der Waals surface area contributed by atoms with Gasteiger partial charge in [0, 0.05) is 19.1 Å². The van der Waals surface area contributed by atoms with Gasteiger partial charge in [-0.05, 0) is 18.8 Å². The topological polar surface area (TPSA) is 54.4 Å². The number of hydrogen-bond acceptors (Lipinski definition) is 3. The predicted molar refractivity (Wildman–Crippen MR) is 53.8 cm³/mol. The van der Waals surface area contributed by atoms with Crippen molar-refractivity contribution in [2.24, 2.45) is 5.92 Å². The van der Waals surface area contributed by atoms with Crippen LogP contribution in [0.25, 0.3) is 0 Å². The molecule has 0 aromatic carbocycles. The van der Waals surface area contributed by atoms with E-state index in [0.717, 1.165) is 18.6 Å². The van der Waals surface area contributed by atoms with Crippen molar-refractivity contribution >= 4 is 22.8 Å². The molecule has 0 saturated carbocycles. The maximum atomic E-state index is 10.5. The van der Waals surface area contributed by atoms with Crippen molar-refractivity contribution in [1.29, 1.82) is 0 Å². The van der Waals surface area contributed by atoms with Gasteiger partial charge in [-0.25, -0.2) is 0 Å². The molecule has 0 unspecified atom stereocenters. The van der Waals surface area contributed by atoms with Crippen LogP contribution in [0, 0.1) is 5.92 Å². The molecule has 0 bridgehead atoms. The average Bonchev–Trinajstić information content (AvgIpc) is 1.96. The molecule has 0 aromatic rings. The minimum absolute atomic E-state index is 0.130. The number of thioether (sulfide) groups is 1. The predicted octanol–water partition coefficient (Wildman–Crippen LogP) is 2.16. The highest BCUT2D eigenvalue weighted by Gasteiger charge is 2.06. The van der Waals surface area contributed by atoms with Gasteiger partial charge in [0.05, 0.1) is 0 Å². The van der Waals surface area contributed by atoms with Crippen molar-refractivity contribution < 1.29 is 14.7 Å². The van der Waals surface area contributed by atoms with E-state index >= 15 is 0 Å². The van der Waals surface area contributed by atoms with E-state index in [-0.39, 0.29) is 17.5 Å². The number of hydrogen-bond donors (Lipinski definition) is 1. The van der Waals surface area contributed by atoms with Crippen LogP contribution < -0.4 is 0 Å². The lowest BCUT2D eigenvalue weighted by atomic mass is 10.0. The molecule has 0 saturated heterocycles. The summed E-state index contributed by atoms with van der Waals surface area (Å²) in [6, 6.07) is 0. The number of carboxylic acids is 1. The Morgan fingerprint density at radius 1 is 1.46 bits per heavy atom. The lowest BCUT2D eigenvalue weighted by Gasteiger charge is -2.06. The van der Waals surface area contributed by atoms with Crippen LogP contribution in [0.4, 0.5) is 0 Å². The van der Waals surface area contributed by atoms with Crippen molar-refractivity contribution in [3.8, 4) is 0 Å². The zero-order valence-corrected chi connectivity index (χ0v) is 8.89. The van der Waals surface area contributed by atoms with Crippen molar-refractivity contribution in [2.75, 3.05) is 5.75 Å². The monoisotopic (exact) mass is 204 g/mol. The van der Waals surface area contributed by atoms with Crippen LogP contribution in [0.1, 0.15) is 33.1 Å². The summed E-state index contributed by atoms with van der Waals surface area (Å²) in [4.78, 5) is 20.8. The Labute approximate surface area is 82.9 Å². The van der Waals surface area contributed by atoms with Gasteiger partial charge in [-0.2, -0.15) is 0 Å². The summed E-state index contributed by atoms with van der Waals surface area (Å²) >= 11 is 1.31. The van der Waals surface area contributed by atoms with Gasteiger partial charge in [-0.15, -0.1) is 0 Å². The van der Waals surface area contributed by atoms with Crippen LogP contribution in [0.2, 0.25) is 0 Å². The zero-order valence-electron chi connectivity index (χ0n) is 8.08. The fourth-order valence-corrected chi connectivity index (χ4v) is 1.65. The van der Waals surface area contributed by atoms with Gasteiger partial charge in [-0.3, -0.25) is 9.59 Å². The molecule has 0 aromatic heterocycles. The van der Waals surface area contributed by atoms with E-state index in [0.29, 0.717) is 0 Å². The Morgan fingerprint density at radius 2 is 2.08 bits per heavy atom. The molecule has 0 rings (SSSR count). The summed E-state index contributed by atoms with van der Waals surface area (Å²) in [5, 5.41) is 8.60. The third kappa shape index (κ3) is 9.40. The molecule has 13 heavy (non-hydrogen) atoms. The molecule has 1 N–H and O–H groups in total. The number of rotatable bonds is 6. The number of carbonyl (C=O) groups is 2. The molecule has 3 nitrogen and oxygen atoms in total. The maximum Gasteiger partial charge on any atom is 0.303 e. The highest BCUT2D eigenvalue weighted by molar-refractivity contribution is 8.13. The van der Waals surface area contributed by atoms with E-state index in [1.807, 2.05) is 6.92 Å². The van der Waals surface area contributed by atoms with Crippen molar-refractivity contribution in [2.45, 2.75) is 33.1 Å². The molecular formula is C9H16O3S. The molecule has 0 fully saturated rings. The smallest absolute Gasteiger partial charge is 0.303 e. The molecule has 0 aliphatic heterocycles. The second-order valence-electron chi connectivity index (χ2n) is 3.19. The minimum atomic E-state index is -0.744. The summed E-state index contributed by atoms with van der Waals surface area (Å²) in [5.74, 6) is 0.274. The molecule has 1 atom stereocenters. The molecule has 76 valence electrons. The standard InChI is InChI=1S/C9H16O3S/c1-7(6-9(11)12)4-3-5-13-8(2)10/h7H,3-6H2,1-2H3,(H,11,12)/t7-/m0/s1. The third-order valence-electron chi connectivity index (χ3n) is 1.67. The number of carboxylic acid groups (broad SMARTS) is 1. The second-order valence-corrected chi connectivity index (χ2v) is 4.46. The highest BCUT2D eigenvalue weighted by atomic mass is 32.2. The van der Waals surface area contributed by atoms with Gasteiger partial charge in [0.1, 0.15) is 0 Å². The summed E-state index contributed by atoms with van der Waals surface area (Å²) < 4.78 is 0. The molecule has 0 radical (unpaired) electrons. The van der Waals surface area contributed by atoms with E-state index in [1.165, 1.54) is 11.8 Å². The second kappa shape index (κ2) is 6.95. The van der Waals surface area contributed by atoms with Gasteiger partial charge in [-0.1, -0.05) is 18.7 Å². The van der Waals surface area contributed by atoms with E-state index in [2.05, 4.69) is 0 Å². The Kier molecular flexibility index (Phi) is 6.68. The third-order valence-corrected chi connectivity index (χ3v) is 2.57. The molecule has 4 heteroatoms. The van der Waals surface area contributed by atoms with Gasteiger partial charge >= 0.3 is 5.97 Å². The molecule has 0 spiro atoms. The van der Waals surface area contributed by atoms with E-state index < -0.39 is 5.97 Å². The molecule has 0 aliphatic carbocycles. The zero-order chi connectivity index (χ0) is 10.3.